The summed E-state index contributed by atoms with van der Waals surface area (Å²) >= 11 is 6.55. The van der Waals surface area contributed by atoms with Crippen molar-refractivity contribution in [3.63, 3.8) is 0 Å². The van der Waals surface area contributed by atoms with E-state index >= 15 is 0 Å². The van der Waals surface area contributed by atoms with Gasteiger partial charge in [0, 0.05) is 11.3 Å². The van der Waals surface area contributed by atoms with Gasteiger partial charge in [-0.3, -0.25) is 0 Å². The molecule has 5 heteroatoms. The molecule has 18 heavy (non-hydrogen) atoms. The fourth-order valence-electron chi connectivity index (χ4n) is 1.54. The number of benzene rings is 1. The highest BCUT2D eigenvalue weighted by atomic mass is 32.1. The van der Waals surface area contributed by atoms with Crippen LogP contribution in [0.3, 0.4) is 0 Å². The van der Waals surface area contributed by atoms with Crippen LogP contribution in [0.2, 0.25) is 0 Å². The maximum atomic E-state index is 13.1. The molecule has 0 radical (unpaired) electrons. The molecule has 1 aromatic carbocycles. The van der Waals surface area contributed by atoms with Gasteiger partial charge in [-0.15, -0.1) is 11.3 Å². The van der Waals surface area contributed by atoms with E-state index in [0.717, 1.165) is 6.42 Å². The largest absolute Gasteiger partial charge is 0.492 e. The van der Waals surface area contributed by atoms with Crippen molar-refractivity contribution in [3.8, 4) is 5.75 Å². The van der Waals surface area contributed by atoms with Crippen molar-refractivity contribution in [3.05, 3.63) is 52.0 Å². The summed E-state index contributed by atoms with van der Waals surface area (Å²) in [6, 6.07) is 8.23. The van der Waals surface area contributed by atoms with Crippen LogP contribution in [0.15, 0.2) is 35.7 Å². The molecule has 2 nitrogen and oxygen atoms in total. The van der Waals surface area contributed by atoms with E-state index < -0.39 is 0 Å². The maximum absolute atomic E-state index is 13.1. The number of nitrogens with two attached hydrogens (primary N) is 1. The minimum atomic E-state index is -0.372. The Morgan fingerprint density at radius 3 is 2.89 bits per heavy atom. The van der Waals surface area contributed by atoms with Gasteiger partial charge < -0.3 is 10.5 Å². The van der Waals surface area contributed by atoms with Gasteiger partial charge in [-0.05, 0) is 29.6 Å². The zero-order valence-electron chi connectivity index (χ0n) is 9.56. The second kappa shape index (κ2) is 5.93. The van der Waals surface area contributed by atoms with E-state index in [4.69, 9.17) is 22.7 Å². The lowest BCUT2D eigenvalue weighted by Gasteiger charge is -2.10. The molecule has 0 atom stereocenters. The van der Waals surface area contributed by atoms with E-state index in [0.29, 0.717) is 17.9 Å². The molecule has 1 aromatic heterocycles. The fraction of sp³-hybridized carbons (Fsp3) is 0.154. The van der Waals surface area contributed by atoms with Crippen LogP contribution in [0, 0.1) is 5.82 Å². The molecule has 0 aliphatic rings. The van der Waals surface area contributed by atoms with E-state index in [1.807, 2.05) is 17.5 Å². The van der Waals surface area contributed by atoms with Crippen LogP contribution in [-0.4, -0.2) is 11.6 Å². The Balaban J connectivity index is 2.02. The zero-order chi connectivity index (χ0) is 13.0. The minimum absolute atomic E-state index is 0.139. The number of rotatable bonds is 5. The smallest absolute Gasteiger partial charge is 0.129 e. The molecule has 0 saturated carbocycles. The summed E-state index contributed by atoms with van der Waals surface area (Å²) in [5.74, 6) is 0.156. The van der Waals surface area contributed by atoms with E-state index in [-0.39, 0.29) is 10.8 Å². The Hall–Kier alpha value is -1.46. The summed E-state index contributed by atoms with van der Waals surface area (Å²) in [6.07, 6.45) is 0.811. The highest BCUT2D eigenvalue weighted by Gasteiger charge is 2.08. The first-order chi connectivity index (χ1) is 8.66. The quantitative estimate of drug-likeness (QED) is 0.855. The third-order valence-corrected chi connectivity index (χ3v) is 3.55. The average Bonchev–Trinajstić information content (AvgIpc) is 2.84. The summed E-state index contributed by atoms with van der Waals surface area (Å²) in [6.45, 7) is 0.516. The molecule has 0 amide bonds. The number of halogens is 1. The van der Waals surface area contributed by atoms with Crippen LogP contribution in [0.1, 0.15) is 10.4 Å². The van der Waals surface area contributed by atoms with Crippen molar-refractivity contribution in [1.29, 1.82) is 0 Å². The first-order valence-electron chi connectivity index (χ1n) is 5.41. The number of hydrogen-bond donors (Lipinski definition) is 1. The summed E-state index contributed by atoms with van der Waals surface area (Å²) in [7, 11) is 0. The molecule has 0 aliphatic heterocycles. The predicted molar refractivity (Wildman–Crippen MR) is 75.8 cm³/mol. The van der Waals surface area contributed by atoms with Crippen LogP contribution in [0.4, 0.5) is 4.39 Å². The maximum Gasteiger partial charge on any atom is 0.129 e. The molecule has 1 heterocycles. The number of thiocarbonyl (C=S) groups is 1. The first kappa shape index (κ1) is 13.0. The van der Waals surface area contributed by atoms with Gasteiger partial charge in [-0.1, -0.05) is 18.3 Å². The van der Waals surface area contributed by atoms with Crippen LogP contribution >= 0.6 is 23.6 Å². The molecule has 0 unspecified atom stereocenters. The predicted octanol–water partition coefficient (Wildman–Crippen LogP) is 3.14. The molecule has 2 aromatic rings. The summed E-state index contributed by atoms with van der Waals surface area (Å²) < 4.78 is 18.7. The molecule has 0 saturated heterocycles. The molecule has 94 valence electrons. The summed E-state index contributed by atoms with van der Waals surface area (Å²) in [5.41, 5.74) is 5.98. The topological polar surface area (TPSA) is 35.2 Å². The second-order valence-corrected chi connectivity index (χ2v) is 5.15. The van der Waals surface area contributed by atoms with Crippen molar-refractivity contribution in [2.45, 2.75) is 6.42 Å². The van der Waals surface area contributed by atoms with Crippen molar-refractivity contribution in [1.82, 2.24) is 0 Å². The van der Waals surface area contributed by atoms with Gasteiger partial charge in [0.05, 0.1) is 12.2 Å². The molecule has 0 bridgehead atoms. The lowest BCUT2D eigenvalue weighted by atomic mass is 10.2. The van der Waals surface area contributed by atoms with Gasteiger partial charge in [0.25, 0.3) is 0 Å². The lowest BCUT2D eigenvalue weighted by molar-refractivity contribution is 0.322. The molecule has 0 fully saturated rings. The van der Waals surface area contributed by atoms with Gasteiger partial charge >= 0.3 is 0 Å². The van der Waals surface area contributed by atoms with Crippen molar-refractivity contribution in [2.75, 3.05) is 6.61 Å². The monoisotopic (exact) mass is 281 g/mol. The Morgan fingerprint density at radius 2 is 2.22 bits per heavy atom. The third-order valence-electron chi connectivity index (χ3n) is 2.39. The Kier molecular flexibility index (Phi) is 4.28. The Morgan fingerprint density at radius 1 is 1.39 bits per heavy atom. The first-order valence-corrected chi connectivity index (χ1v) is 6.70. The Bertz CT molecular complexity index is 540. The standard InChI is InChI=1S/C13H12FNOS2/c14-9-3-4-12(11(8-9)13(15)17)16-6-5-10-2-1-7-18-10/h1-4,7-8H,5-6H2,(H2,15,17). The van der Waals surface area contributed by atoms with Gasteiger partial charge in [0.1, 0.15) is 16.6 Å². The number of thiophene rings is 1. The van der Waals surface area contributed by atoms with Gasteiger partial charge in [0.15, 0.2) is 0 Å². The van der Waals surface area contributed by atoms with E-state index in [1.54, 1.807) is 17.4 Å². The summed E-state index contributed by atoms with van der Waals surface area (Å²) in [5, 5.41) is 2.02. The molecule has 2 N–H and O–H groups in total. The molecular weight excluding hydrogens is 269 g/mol. The van der Waals surface area contributed by atoms with Crippen LogP contribution in [-0.2, 0) is 6.42 Å². The van der Waals surface area contributed by atoms with Gasteiger partial charge in [-0.2, -0.15) is 0 Å². The van der Waals surface area contributed by atoms with Crippen LogP contribution < -0.4 is 10.5 Å². The van der Waals surface area contributed by atoms with Gasteiger partial charge in [0.2, 0.25) is 0 Å². The SMILES string of the molecule is NC(=S)c1cc(F)ccc1OCCc1cccs1. The normalized spacial score (nSPS) is 10.3. The molecule has 2 rings (SSSR count). The second-order valence-electron chi connectivity index (χ2n) is 3.68. The van der Waals surface area contributed by atoms with Crippen molar-refractivity contribution >= 4 is 28.5 Å². The zero-order valence-corrected chi connectivity index (χ0v) is 11.2. The molecular formula is C13H12FNOS2. The van der Waals surface area contributed by atoms with E-state index in [1.165, 1.54) is 17.0 Å². The average molecular weight is 281 g/mol. The van der Waals surface area contributed by atoms with Crippen LogP contribution in [0.25, 0.3) is 0 Å². The third kappa shape index (κ3) is 3.27. The summed E-state index contributed by atoms with van der Waals surface area (Å²) in [4.78, 5) is 1.38. The van der Waals surface area contributed by atoms with Crippen molar-refractivity contribution in [2.24, 2.45) is 5.73 Å². The highest BCUT2D eigenvalue weighted by Crippen LogP contribution is 2.20. The molecule has 0 aliphatic carbocycles. The highest BCUT2D eigenvalue weighted by molar-refractivity contribution is 7.80. The number of hydrogen-bond acceptors (Lipinski definition) is 3. The van der Waals surface area contributed by atoms with E-state index in [2.05, 4.69) is 0 Å². The number of ether oxygens (including phenoxy) is 1. The fourth-order valence-corrected chi connectivity index (χ4v) is 2.39. The van der Waals surface area contributed by atoms with E-state index in [9.17, 15) is 4.39 Å². The Labute approximate surface area is 114 Å². The van der Waals surface area contributed by atoms with Crippen LogP contribution in [0.5, 0.6) is 5.75 Å². The van der Waals surface area contributed by atoms with Gasteiger partial charge in [-0.25, -0.2) is 4.39 Å². The lowest BCUT2D eigenvalue weighted by Crippen LogP contribution is -2.13. The molecule has 0 spiro atoms. The minimum Gasteiger partial charge on any atom is -0.492 e. The van der Waals surface area contributed by atoms with Crippen molar-refractivity contribution < 1.29 is 9.13 Å².